The summed E-state index contributed by atoms with van der Waals surface area (Å²) in [6, 6.07) is 6.14. The van der Waals surface area contributed by atoms with Gasteiger partial charge in [-0.15, -0.1) is 0 Å². The number of alkyl halides is 2. The van der Waals surface area contributed by atoms with E-state index in [0.29, 0.717) is 13.1 Å². The molecule has 1 aliphatic rings. The number of hydrogen-bond donors (Lipinski definition) is 1. The first kappa shape index (κ1) is 13.0. The van der Waals surface area contributed by atoms with Crippen LogP contribution in [-0.4, -0.2) is 26.2 Å². The molecule has 1 heterocycles. The zero-order valence-corrected chi connectivity index (χ0v) is 10.0. The van der Waals surface area contributed by atoms with Gasteiger partial charge >= 0.3 is 5.97 Å². The molecule has 2 unspecified atom stereocenters. The molecule has 1 aromatic carbocycles. The largest absolute Gasteiger partial charge is 0.469 e. The minimum Gasteiger partial charge on any atom is -0.469 e. The minimum atomic E-state index is -2.46. The lowest BCUT2D eigenvalue weighted by Crippen LogP contribution is -2.22. The summed E-state index contributed by atoms with van der Waals surface area (Å²) in [5.74, 6) is -0.514. The van der Waals surface area contributed by atoms with Crippen molar-refractivity contribution in [3.05, 3.63) is 35.4 Å². The average Bonchev–Trinajstić information content (AvgIpc) is 2.87. The van der Waals surface area contributed by atoms with Gasteiger partial charge in [0.15, 0.2) is 0 Å². The van der Waals surface area contributed by atoms with Crippen molar-refractivity contribution in [1.82, 2.24) is 5.32 Å². The average molecular weight is 255 g/mol. The molecule has 98 valence electrons. The highest BCUT2D eigenvalue weighted by Gasteiger charge is 2.34. The molecule has 3 nitrogen and oxygen atoms in total. The Balaban J connectivity index is 2.17. The highest BCUT2D eigenvalue weighted by molar-refractivity contribution is 5.74. The fraction of sp³-hybridized carbons (Fsp3) is 0.462. The van der Waals surface area contributed by atoms with Crippen LogP contribution in [0.15, 0.2) is 24.3 Å². The molecule has 5 heteroatoms. The normalized spacial score (nSPS) is 23.3. The first-order valence-corrected chi connectivity index (χ1v) is 5.80. The maximum atomic E-state index is 12.4. The molecule has 2 rings (SSSR count). The number of halogens is 2. The van der Waals surface area contributed by atoms with E-state index >= 15 is 0 Å². The first-order chi connectivity index (χ1) is 8.63. The predicted octanol–water partition coefficient (Wildman–Crippen LogP) is 2.10. The number of nitrogens with one attached hydrogen (secondary N) is 1. The molecule has 0 aliphatic carbocycles. The maximum absolute atomic E-state index is 12.4. The van der Waals surface area contributed by atoms with E-state index in [1.54, 1.807) is 12.1 Å². The molecule has 1 aliphatic heterocycles. The van der Waals surface area contributed by atoms with E-state index in [0.717, 1.165) is 5.56 Å². The van der Waals surface area contributed by atoms with E-state index < -0.39 is 6.43 Å². The predicted molar refractivity (Wildman–Crippen MR) is 62.5 cm³/mol. The van der Waals surface area contributed by atoms with Crippen LogP contribution in [0.25, 0.3) is 0 Å². The lowest BCUT2D eigenvalue weighted by atomic mass is 9.88. The van der Waals surface area contributed by atoms with E-state index in [2.05, 4.69) is 5.32 Å². The van der Waals surface area contributed by atoms with Crippen molar-refractivity contribution >= 4 is 5.97 Å². The smallest absolute Gasteiger partial charge is 0.310 e. The molecule has 0 spiro atoms. The number of hydrogen-bond acceptors (Lipinski definition) is 3. The van der Waals surface area contributed by atoms with Gasteiger partial charge in [-0.1, -0.05) is 24.3 Å². The molecule has 1 saturated heterocycles. The van der Waals surface area contributed by atoms with Crippen LogP contribution in [0, 0.1) is 5.92 Å². The summed E-state index contributed by atoms with van der Waals surface area (Å²) in [6.45, 7) is 1.22. The highest BCUT2D eigenvalue weighted by Crippen LogP contribution is 2.30. The molecule has 0 aromatic heterocycles. The molecular formula is C13H15F2NO2. The molecule has 18 heavy (non-hydrogen) atoms. The molecule has 2 atom stereocenters. The quantitative estimate of drug-likeness (QED) is 0.841. The monoisotopic (exact) mass is 255 g/mol. The summed E-state index contributed by atoms with van der Waals surface area (Å²) in [5, 5.41) is 3.12. The van der Waals surface area contributed by atoms with Gasteiger partial charge in [0, 0.05) is 24.6 Å². The maximum Gasteiger partial charge on any atom is 0.310 e. The number of rotatable bonds is 3. The van der Waals surface area contributed by atoms with Gasteiger partial charge in [-0.05, 0) is 5.56 Å². The molecular weight excluding hydrogens is 240 g/mol. The summed E-state index contributed by atoms with van der Waals surface area (Å²) < 4.78 is 29.6. The minimum absolute atomic E-state index is 0.000626. The number of esters is 1. The van der Waals surface area contributed by atoms with Gasteiger partial charge in [-0.2, -0.15) is 0 Å². The van der Waals surface area contributed by atoms with E-state index in [1.165, 1.54) is 19.2 Å². The Labute approximate surface area is 104 Å². The topological polar surface area (TPSA) is 38.3 Å². The molecule has 1 aromatic rings. The Kier molecular flexibility index (Phi) is 3.91. The summed E-state index contributed by atoms with van der Waals surface area (Å²) >= 11 is 0. The Morgan fingerprint density at radius 1 is 1.33 bits per heavy atom. The fourth-order valence-electron chi connectivity index (χ4n) is 2.32. The van der Waals surface area contributed by atoms with Crippen molar-refractivity contribution < 1.29 is 18.3 Å². The Morgan fingerprint density at radius 2 is 2.00 bits per heavy atom. The van der Waals surface area contributed by atoms with Crippen molar-refractivity contribution in [1.29, 1.82) is 0 Å². The molecule has 0 saturated carbocycles. The molecule has 1 N–H and O–H groups in total. The van der Waals surface area contributed by atoms with E-state index in [9.17, 15) is 13.6 Å². The Hall–Kier alpha value is -1.49. The summed E-state index contributed by atoms with van der Waals surface area (Å²) in [4.78, 5) is 11.6. The Bertz CT molecular complexity index is 420. The van der Waals surface area contributed by atoms with Crippen molar-refractivity contribution in [3.8, 4) is 0 Å². The zero-order valence-electron chi connectivity index (χ0n) is 10.0. The van der Waals surface area contributed by atoms with Crippen LogP contribution in [0.4, 0.5) is 8.78 Å². The Morgan fingerprint density at radius 3 is 2.56 bits per heavy atom. The van der Waals surface area contributed by atoms with Crippen LogP contribution in [0.3, 0.4) is 0 Å². The van der Waals surface area contributed by atoms with Gasteiger partial charge in [-0.3, -0.25) is 4.79 Å². The number of ether oxygens (including phenoxy) is 1. The number of methoxy groups -OCH3 is 1. The lowest BCUT2D eigenvalue weighted by molar-refractivity contribution is -0.145. The highest BCUT2D eigenvalue weighted by atomic mass is 19.3. The fourth-order valence-corrected chi connectivity index (χ4v) is 2.32. The molecule has 0 bridgehead atoms. The molecule has 1 fully saturated rings. The third-order valence-corrected chi connectivity index (χ3v) is 3.33. The third-order valence-electron chi connectivity index (χ3n) is 3.33. The summed E-state index contributed by atoms with van der Waals surface area (Å²) in [6.07, 6.45) is -2.46. The third kappa shape index (κ3) is 2.51. The van der Waals surface area contributed by atoms with Crippen molar-refractivity contribution in [2.24, 2.45) is 5.92 Å². The second-order valence-electron chi connectivity index (χ2n) is 4.36. The van der Waals surface area contributed by atoms with E-state index in [1.807, 2.05) is 0 Å². The second-order valence-corrected chi connectivity index (χ2v) is 4.36. The van der Waals surface area contributed by atoms with E-state index in [4.69, 9.17) is 4.74 Å². The van der Waals surface area contributed by atoms with Crippen LogP contribution in [0.5, 0.6) is 0 Å². The van der Waals surface area contributed by atoms with E-state index in [-0.39, 0.29) is 23.4 Å². The van der Waals surface area contributed by atoms with Crippen LogP contribution >= 0.6 is 0 Å². The van der Waals surface area contributed by atoms with Gasteiger partial charge in [0.05, 0.1) is 13.0 Å². The van der Waals surface area contributed by atoms with Crippen molar-refractivity contribution in [2.75, 3.05) is 20.2 Å². The summed E-state index contributed by atoms with van der Waals surface area (Å²) in [7, 11) is 1.36. The number of benzene rings is 1. The SMILES string of the molecule is COC(=O)C1CNCC1c1ccc(C(F)F)cc1. The lowest BCUT2D eigenvalue weighted by Gasteiger charge is -2.17. The van der Waals surface area contributed by atoms with Gasteiger partial charge in [0.1, 0.15) is 0 Å². The second kappa shape index (κ2) is 5.44. The van der Waals surface area contributed by atoms with Gasteiger partial charge in [0.2, 0.25) is 0 Å². The van der Waals surface area contributed by atoms with Gasteiger partial charge < -0.3 is 10.1 Å². The van der Waals surface area contributed by atoms with Crippen LogP contribution in [-0.2, 0) is 9.53 Å². The molecule has 0 amide bonds. The van der Waals surface area contributed by atoms with Crippen LogP contribution in [0.2, 0.25) is 0 Å². The number of carbonyl (C=O) groups excluding carboxylic acids is 1. The van der Waals surface area contributed by atoms with Gasteiger partial charge in [-0.25, -0.2) is 8.78 Å². The van der Waals surface area contributed by atoms with Crippen LogP contribution in [0.1, 0.15) is 23.5 Å². The van der Waals surface area contributed by atoms with Crippen LogP contribution < -0.4 is 5.32 Å². The molecule has 0 radical (unpaired) electrons. The standard InChI is InChI=1S/C13H15F2NO2/c1-18-13(17)11-7-16-6-10(11)8-2-4-9(5-3-8)12(14)15/h2-5,10-12,16H,6-7H2,1H3. The van der Waals surface area contributed by atoms with Crippen molar-refractivity contribution in [3.63, 3.8) is 0 Å². The number of carbonyl (C=O) groups is 1. The summed E-state index contributed by atoms with van der Waals surface area (Å²) in [5.41, 5.74) is 0.888. The van der Waals surface area contributed by atoms with Crippen molar-refractivity contribution in [2.45, 2.75) is 12.3 Å². The van der Waals surface area contributed by atoms with Gasteiger partial charge in [0.25, 0.3) is 6.43 Å². The first-order valence-electron chi connectivity index (χ1n) is 5.80. The zero-order chi connectivity index (χ0) is 13.1.